The largest absolute Gasteiger partial charge is 0.352 e. The smallest absolute Gasteiger partial charge is 0.337 e. The second-order valence-electron chi connectivity index (χ2n) is 8.98. The van der Waals surface area contributed by atoms with Gasteiger partial charge in [-0.1, -0.05) is 22.0 Å². The number of halogens is 2. The topological polar surface area (TPSA) is 124 Å². The maximum atomic E-state index is 14.7. The SMILES string of the molecule is CCS(=O)(=O)Nc1cccc(-n2c(=O)n(C3CC3)c(=O)c3c(Nc4ccc(Br)cc4F)cc(=O)n(C)c32)c1. The molecule has 2 aromatic carbocycles. The molecule has 2 heterocycles. The van der Waals surface area contributed by atoms with Gasteiger partial charge in [-0.15, -0.1) is 0 Å². The van der Waals surface area contributed by atoms with E-state index in [-0.39, 0.29) is 45.6 Å². The summed E-state index contributed by atoms with van der Waals surface area (Å²) in [4.78, 5) is 40.5. The lowest BCUT2D eigenvalue weighted by Gasteiger charge is -2.19. The molecule has 2 N–H and O–H groups in total. The quantitative estimate of drug-likeness (QED) is 0.333. The minimum Gasteiger partial charge on any atom is -0.352 e. The third-order valence-corrected chi connectivity index (χ3v) is 8.12. The van der Waals surface area contributed by atoms with E-state index >= 15 is 0 Å². The molecule has 38 heavy (non-hydrogen) atoms. The van der Waals surface area contributed by atoms with E-state index in [1.165, 1.54) is 53.4 Å². The highest BCUT2D eigenvalue weighted by Crippen LogP contribution is 2.34. The Morgan fingerprint density at radius 1 is 1.05 bits per heavy atom. The third-order valence-electron chi connectivity index (χ3n) is 6.32. The van der Waals surface area contributed by atoms with Gasteiger partial charge in [0.2, 0.25) is 10.0 Å². The molecule has 0 radical (unpaired) electrons. The average Bonchev–Trinajstić information content (AvgIpc) is 3.69. The fourth-order valence-electron chi connectivity index (χ4n) is 4.25. The number of hydrogen-bond acceptors (Lipinski definition) is 6. The van der Waals surface area contributed by atoms with Crippen molar-refractivity contribution in [3.63, 3.8) is 0 Å². The third kappa shape index (κ3) is 4.67. The number of nitrogens with one attached hydrogen (secondary N) is 2. The van der Waals surface area contributed by atoms with Crippen molar-refractivity contribution in [3.8, 4) is 5.69 Å². The van der Waals surface area contributed by atoms with Crippen molar-refractivity contribution in [2.24, 2.45) is 7.05 Å². The minimum atomic E-state index is -3.60. The first-order chi connectivity index (χ1) is 18.0. The van der Waals surface area contributed by atoms with Gasteiger partial charge in [0.05, 0.1) is 28.5 Å². The van der Waals surface area contributed by atoms with Crippen LogP contribution in [0.5, 0.6) is 0 Å². The van der Waals surface area contributed by atoms with Crippen LogP contribution in [0.1, 0.15) is 25.8 Å². The number of anilines is 3. The highest BCUT2D eigenvalue weighted by atomic mass is 79.9. The summed E-state index contributed by atoms with van der Waals surface area (Å²) in [6.45, 7) is 1.49. The molecule has 0 saturated heterocycles. The van der Waals surface area contributed by atoms with Crippen LogP contribution in [0.25, 0.3) is 16.7 Å². The zero-order valence-corrected chi connectivity index (χ0v) is 22.8. The maximum absolute atomic E-state index is 14.7. The van der Waals surface area contributed by atoms with E-state index in [0.29, 0.717) is 17.3 Å². The second kappa shape index (κ2) is 9.55. The van der Waals surface area contributed by atoms with E-state index in [0.717, 1.165) is 4.57 Å². The van der Waals surface area contributed by atoms with Gasteiger partial charge < -0.3 is 5.32 Å². The first-order valence-corrected chi connectivity index (χ1v) is 14.2. The minimum absolute atomic E-state index is 0.0140. The number of benzene rings is 2. The van der Waals surface area contributed by atoms with Crippen LogP contribution in [-0.4, -0.2) is 27.9 Å². The predicted molar refractivity (Wildman–Crippen MR) is 148 cm³/mol. The number of sulfonamides is 1. The molecule has 1 fully saturated rings. The summed E-state index contributed by atoms with van der Waals surface area (Å²) in [5.41, 5.74) is -1.30. The van der Waals surface area contributed by atoms with Gasteiger partial charge in [0, 0.05) is 23.6 Å². The van der Waals surface area contributed by atoms with E-state index < -0.39 is 32.6 Å². The molecule has 0 bridgehead atoms. The van der Waals surface area contributed by atoms with Gasteiger partial charge in [-0.05, 0) is 56.2 Å². The van der Waals surface area contributed by atoms with Crippen LogP contribution in [0.2, 0.25) is 0 Å². The van der Waals surface area contributed by atoms with Gasteiger partial charge in [-0.2, -0.15) is 0 Å². The Labute approximate surface area is 224 Å². The maximum Gasteiger partial charge on any atom is 0.337 e. The Morgan fingerprint density at radius 3 is 2.45 bits per heavy atom. The summed E-state index contributed by atoms with van der Waals surface area (Å²) < 4.78 is 45.5. The Hall–Kier alpha value is -3.71. The molecule has 1 saturated carbocycles. The summed E-state index contributed by atoms with van der Waals surface area (Å²) >= 11 is 3.20. The van der Waals surface area contributed by atoms with Crippen molar-refractivity contribution >= 4 is 54.0 Å². The monoisotopic (exact) mass is 603 g/mol. The highest BCUT2D eigenvalue weighted by Gasteiger charge is 2.31. The van der Waals surface area contributed by atoms with E-state index in [1.54, 1.807) is 18.2 Å². The average molecular weight is 604 g/mol. The number of aryl methyl sites for hydroxylation is 1. The molecule has 0 spiro atoms. The normalized spacial score (nSPS) is 13.6. The van der Waals surface area contributed by atoms with Crippen molar-refractivity contribution < 1.29 is 12.8 Å². The predicted octanol–water partition coefficient (Wildman–Crippen LogP) is 3.59. The number of nitrogens with zero attached hydrogens (tertiary/aromatic N) is 3. The lowest BCUT2D eigenvalue weighted by molar-refractivity contribution is 0.602. The zero-order chi connectivity index (χ0) is 27.4. The van der Waals surface area contributed by atoms with E-state index in [9.17, 15) is 27.2 Å². The highest BCUT2D eigenvalue weighted by molar-refractivity contribution is 9.10. The number of hydrogen-bond donors (Lipinski definition) is 2. The van der Waals surface area contributed by atoms with Crippen LogP contribution in [0.4, 0.5) is 21.5 Å². The zero-order valence-electron chi connectivity index (χ0n) is 20.4. The number of pyridine rings is 1. The van der Waals surface area contributed by atoms with Crippen molar-refractivity contribution in [1.82, 2.24) is 13.7 Å². The number of aromatic nitrogens is 3. The Morgan fingerprint density at radius 2 is 1.79 bits per heavy atom. The van der Waals surface area contributed by atoms with Crippen LogP contribution in [0, 0.1) is 5.82 Å². The number of fused-ring (bicyclic) bond motifs is 1. The summed E-state index contributed by atoms with van der Waals surface area (Å²) in [6.07, 6.45) is 1.26. The molecule has 2 aromatic heterocycles. The lowest BCUT2D eigenvalue weighted by Crippen LogP contribution is -2.41. The summed E-state index contributed by atoms with van der Waals surface area (Å²) in [5.74, 6) is -0.761. The van der Waals surface area contributed by atoms with Gasteiger partial charge in [0.25, 0.3) is 11.1 Å². The Balaban J connectivity index is 1.84. The lowest BCUT2D eigenvalue weighted by atomic mass is 10.2. The fraction of sp³-hybridized carbons (Fsp3) is 0.240. The van der Waals surface area contributed by atoms with Crippen molar-refractivity contribution in [2.75, 3.05) is 15.8 Å². The van der Waals surface area contributed by atoms with Gasteiger partial charge in [-0.25, -0.2) is 22.2 Å². The van der Waals surface area contributed by atoms with Gasteiger partial charge in [-0.3, -0.25) is 23.4 Å². The van der Waals surface area contributed by atoms with E-state index in [1.807, 2.05) is 0 Å². The summed E-state index contributed by atoms with van der Waals surface area (Å²) in [5, 5.41) is 2.87. The van der Waals surface area contributed by atoms with Gasteiger partial charge in [0.15, 0.2) is 0 Å². The van der Waals surface area contributed by atoms with Gasteiger partial charge >= 0.3 is 5.69 Å². The van der Waals surface area contributed by atoms with Crippen LogP contribution >= 0.6 is 15.9 Å². The van der Waals surface area contributed by atoms with Crippen molar-refractivity contribution in [2.45, 2.75) is 25.8 Å². The van der Waals surface area contributed by atoms with Crippen LogP contribution in [0.3, 0.4) is 0 Å². The Kier molecular flexibility index (Phi) is 6.51. The molecule has 198 valence electrons. The molecule has 10 nitrogen and oxygen atoms in total. The van der Waals surface area contributed by atoms with Gasteiger partial charge in [0.1, 0.15) is 16.9 Å². The molecule has 4 aromatic rings. The van der Waals surface area contributed by atoms with E-state index in [4.69, 9.17) is 0 Å². The molecular formula is C25H23BrFN5O5S. The molecule has 1 aliphatic carbocycles. The van der Waals surface area contributed by atoms with Crippen LogP contribution in [0.15, 0.2) is 67.4 Å². The summed E-state index contributed by atoms with van der Waals surface area (Å²) in [7, 11) is -2.18. The molecule has 0 aliphatic heterocycles. The molecule has 5 rings (SSSR count). The first kappa shape index (κ1) is 25.9. The molecular weight excluding hydrogens is 581 g/mol. The Bertz CT molecular complexity index is 1890. The fourth-order valence-corrected chi connectivity index (χ4v) is 5.21. The van der Waals surface area contributed by atoms with Crippen molar-refractivity contribution in [1.29, 1.82) is 0 Å². The molecule has 0 amide bonds. The summed E-state index contributed by atoms with van der Waals surface area (Å²) in [6, 6.07) is 11.3. The van der Waals surface area contributed by atoms with E-state index in [2.05, 4.69) is 26.0 Å². The second-order valence-corrected chi connectivity index (χ2v) is 11.9. The number of rotatable bonds is 7. The molecule has 1 aliphatic rings. The molecule has 0 atom stereocenters. The van der Waals surface area contributed by atoms with Crippen LogP contribution < -0.4 is 26.8 Å². The van der Waals surface area contributed by atoms with Crippen LogP contribution in [-0.2, 0) is 17.1 Å². The molecule has 13 heteroatoms. The van der Waals surface area contributed by atoms with Crippen molar-refractivity contribution in [3.05, 3.63) is 90.0 Å². The first-order valence-electron chi connectivity index (χ1n) is 11.7. The molecule has 0 unspecified atom stereocenters. The standard InChI is InChI=1S/C25H23BrFN5O5S/c1-3-38(36,37)29-15-5-4-6-17(12-15)31-23-22(24(34)32(25(31)35)16-8-9-16)20(13-21(33)30(23)2)28-19-10-7-14(26)11-18(19)27/h4-7,10-13,16,28-29H,3,8-9H2,1-2H3.